The summed E-state index contributed by atoms with van der Waals surface area (Å²) in [6, 6.07) is 0.509. The Morgan fingerprint density at radius 3 is 3.06 bits per heavy atom. The van der Waals surface area contributed by atoms with Crippen LogP contribution in [-0.4, -0.2) is 29.8 Å². The third-order valence-corrected chi connectivity index (χ3v) is 4.07. The number of ether oxygens (including phenoxy) is 1. The summed E-state index contributed by atoms with van der Waals surface area (Å²) in [4.78, 5) is 4.90. The highest BCUT2D eigenvalue weighted by Gasteiger charge is 2.33. The van der Waals surface area contributed by atoms with Gasteiger partial charge in [0.05, 0.1) is 5.69 Å². The number of rotatable bonds is 5. The van der Waals surface area contributed by atoms with Crippen LogP contribution >= 0.6 is 0 Å². The zero-order valence-corrected chi connectivity index (χ0v) is 11.4. The Bertz CT molecular complexity index is 423. The largest absolute Gasteiger partial charge is 0.385 e. The van der Waals surface area contributed by atoms with Gasteiger partial charge in [0.25, 0.3) is 0 Å². The molecule has 1 aliphatic carbocycles. The van der Waals surface area contributed by atoms with Crippen LogP contribution in [0.25, 0.3) is 0 Å². The van der Waals surface area contributed by atoms with Gasteiger partial charge in [-0.2, -0.15) is 0 Å². The van der Waals surface area contributed by atoms with E-state index in [4.69, 9.17) is 9.72 Å². The molecular formula is C14H23N3O. The van der Waals surface area contributed by atoms with Gasteiger partial charge >= 0.3 is 0 Å². The van der Waals surface area contributed by atoms with E-state index in [-0.39, 0.29) is 0 Å². The summed E-state index contributed by atoms with van der Waals surface area (Å²) in [6.45, 7) is 5.16. The standard InChI is InChI=1S/C14H23N3O/c1-10(6-8-18-2)17-13-5-7-15-9-12(13)16-14(17)11-3-4-11/h10-11,15H,3-9H2,1-2H3. The smallest absolute Gasteiger partial charge is 0.112 e. The maximum Gasteiger partial charge on any atom is 0.112 e. The third-order valence-electron chi connectivity index (χ3n) is 4.07. The van der Waals surface area contributed by atoms with Crippen LogP contribution in [0.4, 0.5) is 0 Å². The summed E-state index contributed by atoms with van der Waals surface area (Å²) in [5.41, 5.74) is 2.76. The van der Waals surface area contributed by atoms with Crippen molar-refractivity contribution in [3.05, 3.63) is 17.2 Å². The molecule has 1 aromatic rings. The number of hydrogen-bond donors (Lipinski definition) is 1. The fourth-order valence-electron chi connectivity index (χ4n) is 2.89. The predicted molar refractivity (Wildman–Crippen MR) is 70.8 cm³/mol. The Kier molecular flexibility index (Phi) is 3.39. The van der Waals surface area contributed by atoms with E-state index >= 15 is 0 Å². The fourth-order valence-corrected chi connectivity index (χ4v) is 2.89. The second-order valence-electron chi connectivity index (χ2n) is 5.56. The second kappa shape index (κ2) is 5.02. The minimum absolute atomic E-state index is 0.509. The van der Waals surface area contributed by atoms with Crippen molar-refractivity contribution < 1.29 is 4.74 Å². The van der Waals surface area contributed by atoms with Gasteiger partial charge in [0.1, 0.15) is 5.82 Å². The van der Waals surface area contributed by atoms with Crippen molar-refractivity contribution in [3.63, 3.8) is 0 Å². The van der Waals surface area contributed by atoms with E-state index in [0.29, 0.717) is 6.04 Å². The van der Waals surface area contributed by atoms with Gasteiger partial charge in [-0.1, -0.05) is 0 Å². The van der Waals surface area contributed by atoms with Crippen molar-refractivity contribution in [1.82, 2.24) is 14.9 Å². The third kappa shape index (κ3) is 2.19. The SMILES string of the molecule is COCCC(C)n1c(C2CC2)nc2c1CCNC2. The molecule has 4 nitrogen and oxygen atoms in total. The lowest BCUT2D eigenvalue weighted by molar-refractivity contribution is 0.180. The van der Waals surface area contributed by atoms with Gasteiger partial charge in [0.15, 0.2) is 0 Å². The van der Waals surface area contributed by atoms with Crippen molar-refractivity contribution in [2.75, 3.05) is 20.3 Å². The normalized spacial score (nSPS) is 20.8. The summed E-state index contributed by atoms with van der Waals surface area (Å²) in [5.74, 6) is 2.06. The molecule has 1 fully saturated rings. The van der Waals surface area contributed by atoms with Gasteiger partial charge in [-0.25, -0.2) is 4.98 Å². The van der Waals surface area contributed by atoms with Gasteiger partial charge in [-0.3, -0.25) is 0 Å². The van der Waals surface area contributed by atoms with Crippen LogP contribution in [0, 0.1) is 0 Å². The lowest BCUT2D eigenvalue weighted by Gasteiger charge is -2.21. The van der Waals surface area contributed by atoms with Gasteiger partial charge in [0, 0.05) is 50.9 Å². The van der Waals surface area contributed by atoms with Crippen LogP contribution in [0.15, 0.2) is 0 Å². The minimum Gasteiger partial charge on any atom is -0.385 e. The first kappa shape index (κ1) is 12.2. The molecule has 100 valence electrons. The Balaban J connectivity index is 1.91. The van der Waals surface area contributed by atoms with Crippen molar-refractivity contribution in [1.29, 1.82) is 0 Å². The monoisotopic (exact) mass is 249 g/mol. The molecule has 0 amide bonds. The van der Waals surface area contributed by atoms with Gasteiger partial charge in [-0.15, -0.1) is 0 Å². The number of methoxy groups -OCH3 is 1. The maximum atomic E-state index is 5.22. The molecular weight excluding hydrogens is 226 g/mol. The molecule has 2 heterocycles. The molecule has 18 heavy (non-hydrogen) atoms. The van der Waals surface area contributed by atoms with E-state index in [1.165, 1.54) is 30.1 Å². The average molecular weight is 249 g/mol. The van der Waals surface area contributed by atoms with E-state index in [1.807, 2.05) is 0 Å². The molecule has 4 heteroatoms. The molecule has 2 aliphatic rings. The summed E-state index contributed by atoms with van der Waals surface area (Å²) in [6.07, 6.45) is 4.83. The van der Waals surface area contributed by atoms with Crippen LogP contribution in [0.5, 0.6) is 0 Å². The fraction of sp³-hybridized carbons (Fsp3) is 0.786. The molecule has 1 aromatic heterocycles. The summed E-state index contributed by atoms with van der Waals surface area (Å²) in [5, 5.41) is 3.42. The Morgan fingerprint density at radius 1 is 1.50 bits per heavy atom. The summed E-state index contributed by atoms with van der Waals surface area (Å²) >= 11 is 0. The van der Waals surface area contributed by atoms with Crippen LogP contribution in [0.3, 0.4) is 0 Å². The lowest BCUT2D eigenvalue weighted by Crippen LogP contribution is -2.26. The van der Waals surface area contributed by atoms with Crippen LogP contribution in [0.2, 0.25) is 0 Å². The molecule has 1 saturated carbocycles. The average Bonchev–Trinajstić information content (AvgIpc) is 3.16. The molecule has 1 atom stereocenters. The van der Waals surface area contributed by atoms with Crippen molar-refractivity contribution in [2.45, 2.75) is 51.1 Å². The van der Waals surface area contributed by atoms with E-state index in [9.17, 15) is 0 Å². The second-order valence-corrected chi connectivity index (χ2v) is 5.56. The Hall–Kier alpha value is -0.870. The number of imidazole rings is 1. The van der Waals surface area contributed by atoms with Gasteiger partial charge in [-0.05, 0) is 26.2 Å². The van der Waals surface area contributed by atoms with Crippen molar-refractivity contribution in [2.24, 2.45) is 0 Å². The summed E-state index contributed by atoms with van der Waals surface area (Å²) in [7, 11) is 1.78. The molecule has 1 aliphatic heterocycles. The van der Waals surface area contributed by atoms with E-state index in [0.717, 1.165) is 38.5 Å². The first-order valence-corrected chi connectivity index (χ1v) is 7.10. The first-order chi connectivity index (χ1) is 8.81. The molecule has 1 N–H and O–H groups in total. The van der Waals surface area contributed by atoms with Crippen molar-refractivity contribution >= 4 is 0 Å². The number of hydrogen-bond acceptors (Lipinski definition) is 3. The molecule has 1 unspecified atom stereocenters. The molecule has 0 radical (unpaired) electrons. The van der Waals surface area contributed by atoms with Crippen molar-refractivity contribution in [3.8, 4) is 0 Å². The molecule has 0 saturated heterocycles. The predicted octanol–water partition coefficient (Wildman–Crippen LogP) is 2.00. The highest BCUT2D eigenvalue weighted by Crippen LogP contribution is 2.42. The van der Waals surface area contributed by atoms with Crippen LogP contribution < -0.4 is 5.32 Å². The zero-order chi connectivity index (χ0) is 12.5. The highest BCUT2D eigenvalue weighted by molar-refractivity contribution is 5.24. The highest BCUT2D eigenvalue weighted by atomic mass is 16.5. The number of nitrogens with zero attached hydrogens (tertiary/aromatic N) is 2. The molecule has 3 rings (SSSR count). The molecule has 0 bridgehead atoms. The Labute approximate surface area is 109 Å². The van der Waals surface area contributed by atoms with Crippen LogP contribution in [-0.2, 0) is 17.7 Å². The quantitative estimate of drug-likeness (QED) is 0.867. The van der Waals surface area contributed by atoms with E-state index < -0.39 is 0 Å². The van der Waals surface area contributed by atoms with Gasteiger partial charge in [0.2, 0.25) is 0 Å². The lowest BCUT2D eigenvalue weighted by atomic mass is 10.1. The number of aromatic nitrogens is 2. The minimum atomic E-state index is 0.509. The first-order valence-electron chi connectivity index (χ1n) is 7.10. The Morgan fingerprint density at radius 2 is 2.33 bits per heavy atom. The summed E-state index contributed by atoms with van der Waals surface area (Å²) < 4.78 is 7.75. The molecule has 0 spiro atoms. The van der Waals surface area contributed by atoms with Gasteiger partial charge < -0.3 is 14.6 Å². The maximum absolute atomic E-state index is 5.22. The van der Waals surface area contributed by atoms with E-state index in [2.05, 4.69) is 16.8 Å². The number of fused-ring (bicyclic) bond motifs is 1. The van der Waals surface area contributed by atoms with E-state index in [1.54, 1.807) is 7.11 Å². The van der Waals surface area contributed by atoms with Crippen LogP contribution in [0.1, 0.15) is 55.4 Å². The number of nitrogens with one attached hydrogen (secondary N) is 1. The zero-order valence-electron chi connectivity index (χ0n) is 11.4. The molecule has 0 aromatic carbocycles. The topological polar surface area (TPSA) is 39.1 Å².